The second-order valence-electron chi connectivity index (χ2n) is 37.3. The van der Waals surface area contributed by atoms with Gasteiger partial charge in [0.15, 0.2) is 17.5 Å². The minimum absolute atomic E-state index is 0.724. The second kappa shape index (κ2) is 37.8. The molecule has 0 fully saturated rings. The molecule has 0 saturated heterocycles. The van der Waals surface area contributed by atoms with Gasteiger partial charge in [0, 0.05) is 110 Å². The lowest BCUT2D eigenvalue weighted by Crippen LogP contribution is -1.96. The Morgan fingerprint density at radius 1 is 0.116 bits per heavy atom. The highest BCUT2D eigenvalue weighted by Crippen LogP contribution is 2.49. The molecule has 6 aromatic heterocycles. The summed E-state index contributed by atoms with van der Waals surface area (Å²) in [5.74, 6) is 2.18. The summed E-state index contributed by atoms with van der Waals surface area (Å²) in [5.41, 5.74) is 31.0. The van der Waals surface area contributed by atoms with Crippen molar-refractivity contribution < 1.29 is 0 Å². The van der Waals surface area contributed by atoms with Crippen molar-refractivity contribution in [2.24, 2.45) is 0 Å². The van der Waals surface area contributed by atoms with E-state index in [1.54, 1.807) is 0 Å². The Balaban J connectivity index is 0.000000109. The number of aromatic nitrogens is 6. The van der Waals surface area contributed by atoms with Crippen LogP contribution in [0.3, 0.4) is 0 Å². The molecule has 0 aliphatic carbocycles. The van der Waals surface area contributed by atoms with Crippen molar-refractivity contribution in [1.82, 2.24) is 29.9 Å². The van der Waals surface area contributed by atoms with Crippen LogP contribution in [-0.2, 0) is 0 Å². The zero-order valence-corrected chi connectivity index (χ0v) is 82.0. The summed E-state index contributed by atoms with van der Waals surface area (Å²) in [6, 6.07) is 186. The molecule has 6 heterocycles. The molecule has 6 nitrogen and oxygen atoms in total. The fourth-order valence-electron chi connectivity index (χ4n) is 21.4. The van der Waals surface area contributed by atoms with Gasteiger partial charge in [-0.1, -0.05) is 425 Å². The van der Waals surface area contributed by atoms with Crippen LogP contribution < -0.4 is 0 Å². The van der Waals surface area contributed by atoms with E-state index in [0.29, 0.717) is 0 Å². The summed E-state index contributed by atoms with van der Waals surface area (Å²) < 4.78 is 7.58. The molecule has 0 radical (unpaired) electrons. The van der Waals surface area contributed by atoms with Crippen molar-refractivity contribution in [3.8, 4) is 157 Å². The lowest BCUT2D eigenvalue weighted by Gasteiger charge is -2.13. The molecule has 0 N–H and O–H groups in total. The predicted octanol–water partition coefficient (Wildman–Crippen LogP) is 38.8. The molecule has 0 aliphatic heterocycles. The van der Waals surface area contributed by atoms with Crippen LogP contribution in [0.5, 0.6) is 0 Å². The number of hydrogen-bond donors (Lipinski definition) is 0. The SMILES string of the molecule is c1ccc(-c2ccc(-c3cccc(-c4cccc(-c5nc(-c6ccccc6)nc6ccc7sc8ccccc8c7c56)c4)c3)cc2)cc1.c1ccc(-c2ccccc2-c2cccc(-c3cccc(-c4nc(-c5ccccc5)c5c(ccc6sc7ccccc7c65)n4)c3)c2)cc1.c1ccc(-c2nc(-c3cccc(-c4cccc(-c5ccc6c7ccccc7c7ccccc7c6c5)c4)c3)nc3ccc4sc5ccccc5c4c23)cc1. The van der Waals surface area contributed by atoms with Crippen molar-refractivity contribution in [2.75, 3.05) is 0 Å². The predicted molar refractivity (Wildman–Crippen MR) is 626 cm³/mol. The summed E-state index contributed by atoms with van der Waals surface area (Å²) in [6.07, 6.45) is 0. The zero-order valence-electron chi connectivity index (χ0n) is 79.6. The van der Waals surface area contributed by atoms with Gasteiger partial charge in [0.25, 0.3) is 0 Å². The third-order valence-electron chi connectivity index (χ3n) is 28.4. The van der Waals surface area contributed by atoms with Gasteiger partial charge in [-0.05, 0) is 218 Å². The van der Waals surface area contributed by atoms with E-state index in [2.05, 4.69) is 504 Å². The van der Waals surface area contributed by atoms with Gasteiger partial charge in [-0.2, -0.15) is 0 Å². The highest BCUT2D eigenvalue weighted by atomic mass is 32.1. The number of nitrogens with zero attached hydrogens (tertiary/aromatic N) is 6. The Kier molecular flexibility index (Phi) is 22.5. The maximum absolute atomic E-state index is 5.35. The first kappa shape index (κ1) is 87.5. The van der Waals surface area contributed by atoms with Gasteiger partial charge >= 0.3 is 0 Å². The highest BCUT2D eigenvalue weighted by molar-refractivity contribution is 7.27. The normalized spacial score (nSPS) is 11.5. The number of thiophene rings is 3. The molecule has 0 aliphatic rings. The Morgan fingerprint density at radius 3 is 0.755 bits per heavy atom. The Labute approximate surface area is 861 Å². The molecule has 9 heteroatoms. The maximum Gasteiger partial charge on any atom is 0.160 e. The molecule has 0 bridgehead atoms. The van der Waals surface area contributed by atoms with Gasteiger partial charge in [0.2, 0.25) is 0 Å². The first-order valence-electron chi connectivity index (χ1n) is 49.6. The Hall–Kier alpha value is -18.5. The molecular formula is C138H86N6S3. The molecule has 23 aromatic carbocycles. The average Bonchev–Trinajstić information content (AvgIpc) is 1.49. The number of benzene rings is 23. The second-order valence-corrected chi connectivity index (χ2v) is 40.5. The van der Waals surface area contributed by atoms with E-state index in [-0.39, 0.29) is 0 Å². The van der Waals surface area contributed by atoms with E-state index >= 15 is 0 Å². The average molecular weight is 1920 g/mol. The van der Waals surface area contributed by atoms with Gasteiger partial charge in [-0.3, -0.25) is 0 Å². The molecule has 147 heavy (non-hydrogen) atoms. The molecule has 0 atom stereocenters. The topological polar surface area (TPSA) is 77.3 Å². The number of hydrogen-bond acceptors (Lipinski definition) is 9. The van der Waals surface area contributed by atoms with Crippen LogP contribution in [0.1, 0.15) is 0 Å². The van der Waals surface area contributed by atoms with Gasteiger partial charge in [-0.25, -0.2) is 29.9 Å². The van der Waals surface area contributed by atoms with Crippen LogP contribution >= 0.6 is 34.0 Å². The molecule has 0 amide bonds. The van der Waals surface area contributed by atoms with E-state index in [1.807, 2.05) is 52.2 Å². The van der Waals surface area contributed by atoms with E-state index in [4.69, 9.17) is 29.9 Å². The minimum Gasteiger partial charge on any atom is -0.228 e. The van der Waals surface area contributed by atoms with Gasteiger partial charge in [0.1, 0.15) is 0 Å². The minimum atomic E-state index is 0.724. The highest BCUT2D eigenvalue weighted by Gasteiger charge is 2.25. The summed E-state index contributed by atoms with van der Waals surface area (Å²) in [5, 5.41) is 18.5. The number of rotatable bonds is 14. The third-order valence-corrected chi connectivity index (χ3v) is 31.8. The van der Waals surface area contributed by atoms with Crippen LogP contribution in [0.15, 0.2) is 522 Å². The van der Waals surface area contributed by atoms with Gasteiger partial charge < -0.3 is 0 Å². The Morgan fingerprint density at radius 2 is 0.354 bits per heavy atom. The van der Waals surface area contributed by atoms with Crippen LogP contribution in [-0.4, -0.2) is 29.9 Å². The van der Waals surface area contributed by atoms with Crippen LogP contribution in [0.4, 0.5) is 0 Å². The first-order chi connectivity index (χ1) is 72.8. The maximum atomic E-state index is 5.35. The van der Waals surface area contributed by atoms with Gasteiger partial charge in [0.05, 0.1) is 33.6 Å². The van der Waals surface area contributed by atoms with E-state index in [0.717, 1.165) is 128 Å². The zero-order chi connectivity index (χ0) is 97.2. The first-order valence-corrected chi connectivity index (χ1v) is 52.1. The van der Waals surface area contributed by atoms with Crippen LogP contribution in [0.2, 0.25) is 0 Å². The van der Waals surface area contributed by atoms with Crippen LogP contribution in [0.25, 0.3) is 282 Å². The van der Waals surface area contributed by atoms with Crippen molar-refractivity contribution in [3.05, 3.63) is 522 Å². The Bertz CT molecular complexity index is 10200. The molecule has 0 saturated carbocycles. The summed E-state index contributed by atoms with van der Waals surface area (Å²) in [4.78, 5) is 31.5. The molecular weight excluding hydrogens is 1840 g/mol. The molecule has 0 unspecified atom stereocenters. The monoisotopic (exact) mass is 1920 g/mol. The number of fused-ring (bicyclic) bond motifs is 21. The summed E-state index contributed by atoms with van der Waals surface area (Å²) >= 11 is 5.47. The lowest BCUT2D eigenvalue weighted by atomic mass is 9.91. The van der Waals surface area contributed by atoms with Gasteiger partial charge in [-0.15, -0.1) is 34.0 Å². The quantitative estimate of drug-likeness (QED) is 0.101. The summed E-state index contributed by atoms with van der Waals surface area (Å²) in [6.45, 7) is 0. The summed E-state index contributed by atoms with van der Waals surface area (Å²) in [7, 11) is 0. The van der Waals surface area contributed by atoms with Crippen LogP contribution in [0, 0.1) is 0 Å². The fourth-order valence-corrected chi connectivity index (χ4v) is 24.8. The van der Waals surface area contributed by atoms with Crippen molar-refractivity contribution in [2.45, 2.75) is 0 Å². The molecule has 0 spiro atoms. The standard InChI is InChI=1S/C50H30N2S.2C44H28N2S/c1-2-12-31(13-3-1)49-48-44(26-27-46-47(48)42-22-8-9-23-45(42)53-46)51-50(52-49)36-17-11-16-34(29-36)32-14-10-15-33(28-32)35-24-25-41-39-20-5-4-18-37(39)38-19-6-7-21-40(38)43(41)30-35;1-3-11-29(12-4-1)30-21-23-31(24-22-30)33-15-9-16-34(27-33)35-17-10-18-36(28-35)43-42-38(45-44(46-43)32-13-5-2-6-14-32)25-26-40-41(42)37-19-7-8-20-39(37)47-40;1-3-13-29(14-4-1)35-21-7-8-22-36(35)33-19-11-17-31(27-33)32-18-12-20-34(28-32)44-45-38-25-26-40-41(37-23-9-10-24-39(37)47-40)42(38)43(46-44)30-15-5-2-6-16-30/h1-30H;2*1-28H. The molecule has 29 aromatic rings. The fraction of sp³-hybridized carbons (Fsp3) is 0. The van der Waals surface area contributed by atoms with Crippen molar-refractivity contribution >= 4 is 160 Å². The third kappa shape index (κ3) is 16.4. The van der Waals surface area contributed by atoms with E-state index in [1.165, 1.54) is 154 Å². The van der Waals surface area contributed by atoms with Crippen molar-refractivity contribution in [1.29, 1.82) is 0 Å². The largest absolute Gasteiger partial charge is 0.228 e. The molecule has 29 rings (SSSR count). The van der Waals surface area contributed by atoms with E-state index in [9.17, 15) is 0 Å². The lowest BCUT2D eigenvalue weighted by molar-refractivity contribution is 1.23. The van der Waals surface area contributed by atoms with Crippen molar-refractivity contribution in [3.63, 3.8) is 0 Å². The smallest absolute Gasteiger partial charge is 0.160 e. The molecule has 686 valence electrons. The van der Waals surface area contributed by atoms with E-state index < -0.39 is 0 Å².